The fraction of sp³-hybridized carbons (Fsp3) is 0.478. The molecule has 2 aromatic rings. The Morgan fingerprint density at radius 3 is 2.34 bits per heavy atom. The number of piperidine rings is 1. The molecule has 1 aromatic carbocycles. The van der Waals surface area contributed by atoms with Gasteiger partial charge in [0, 0.05) is 26.7 Å². The number of hydrogen-bond donors (Lipinski definition) is 0. The van der Waals surface area contributed by atoms with Crippen molar-refractivity contribution < 1.29 is 22.7 Å². The maximum Gasteiger partial charge on any atom is 0.309 e. The summed E-state index contributed by atoms with van der Waals surface area (Å²) in [6, 6.07) is 5.69. The van der Waals surface area contributed by atoms with E-state index in [1.807, 2.05) is 49.7 Å². The third kappa shape index (κ3) is 5.57. The lowest BCUT2D eigenvalue weighted by Gasteiger charge is -2.31. The molecule has 0 atom stereocenters. The number of carbonyl (C=O) groups is 2. The maximum atomic E-state index is 13.2. The Kier molecular flexibility index (Phi) is 7.74. The second-order valence-electron chi connectivity index (χ2n) is 8.40. The molecular weight excluding hydrogens is 448 g/mol. The SMILES string of the molecule is Cc1cc(C)c(S(=O)(=O)N2CCC(C(=O)OCC(=O)N(C)Cc3ccsc3)CC2)c(C)c1. The van der Waals surface area contributed by atoms with Crippen molar-refractivity contribution in [3.63, 3.8) is 0 Å². The molecule has 0 saturated carbocycles. The van der Waals surface area contributed by atoms with E-state index in [1.54, 1.807) is 18.4 Å². The molecule has 1 amide bonds. The van der Waals surface area contributed by atoms with Crippen molar-refractivity contribution in [2.45, 2.75) is 45.1 Å². The molecule has 1 fully saturated rings. The third-order valence-corrected chi connectivity index (χ3v) is 8.69. The van der Waals surface area contributed by atoms with Crippen LogP contribution in [-0.2, 0) is 30.9 Å². The number of amides is 1. The fourth-order valence-electron chi connectivity index (χ4n) is 4.14. The molecule has 1 aliphatic rings. The van der Waals surface area contributed by atoms with Crippen LogP contribution in [0.2, 0.25) is 0 Å². The number of hydrogen-bond acceptors (Lipinski definition) is 6. The third-order valence-electron chi connectivity index (χ3n) is 5.75. The minimum atomic E-state index is -3.63. The van der Waals surface area contributed by atoms with E-state index in [-0.39, 0.29) is 25.6 Å². The highest BCUT2D eigenvalue weighted by molar-refractivity contribution is 7.89. The Labute approximate surface area is 194 Å². The van der Waals surface area contributed by atoms with Gasteiger partial charge in [-0.05, 0) is 67.1 Å². The van der Waals surface area contributed by atoms with Gasteiger partial charge < -0.3 is 9.64 Å². The summed E-state index contributed by atoms with van der Waals surface area (Å²) < 4.78 is 33.1. The van der Waals surface area contributed by atoms with Gasteiger partial charge in [0.25, 0.3) is 5.91 Å². The highest BCUT2D eigenvalue weighted by Gasteiger charge is 2.34. The summed E-state index contributed by atoms with van der Waals surface area (Å²) in [5.74, 6) is -1.12. The number of thiophene rings is 1. The fourth-order valence-corrected chi connectivity index (χ4v) is 6.68. The van der Waals surface area contributed by atoms with E-state index in [0.29, 0.717) is 24.3 Å². The molecule has 0 aliphatic carbocycles. The minimum Gasteiger partial charge on any atom is -0.455 e. The van der Waals surface area contributed by atoms with Gasteiger partial charge in [-0.3, -0.25) is 9.59 Å². The second-order valence-corrected chi connectivity index (χ2v) is 11.1. The van der Waals surface area contributed by atoms with Crippen LogP contribution in [0, 0.1) is 26.7 Å². The number of benzene rings is 1. The average Bonchev–Trinajstić information content (AvgIpc) is 3.23. The number of ether oxygens (including phenoxy) is 1. The van der Waals surface area contributed by atoms with Crippen LogP contribution in [0.4, 0.5) is 0 Å². The molecule has 174 valence electrons. The molecule has 0 radical (unpaired) electrons. The highest BCUT2D eigenvalue weighted by Crippen LogP contribution is 2.29. The van der Waals surface area contributed by atoms with Crippen molar-refractivity contribution in [2.24, 2.45) is 5.92 Å². The Morgan fingerprint density at radius 2 is 1.78 bits per heavy atom. The summed E-state index contributed by atoms with van der Waals surface area (Å²) >= 11 is 1.56. The van der Waals surface area contributed by atoms with E-state index in [4.69, 9.17) is 4.74 Å². The van der Waals surface area contributed by atoms with E-state index >= 15 is 0 Å². The molecule has 1 aromatic heterocycles. The molecule has 2 heterocycles. The number of rotatable bonds is 7. The number of likely N-dealkylation sites (N-methyl/N-ethyl adjacent to an activating group) is 1. The number of nitrogens with zero attached hydrogens (tertiary/aromatic N) is 2. The molecule has 1 saturated heterocycles. The Balaban J connectivity index is 1.53. The van der Waals surface area contributed by atoms with Crippen molar-refractivity contribution in [2.75, 3.05) is 26.7 Å². The van der Waals surface area contributed by atoms with Gasteiger partial charge in [-0.2, -0.15) is 15.6 Å². The second kappa shape index (κ2) is 10.1. The zero-order chi connectivity index (χ0) is 23.5. The summed E-state index contributed by atoms with van der Waals surface area (Å²) in [7, 11) is -1.96. The number of carbonyl (C=O) groups excluding carboxylic acids is 2. The Bertz CT molecular complexity index is 1050. The molecule has 1 aliphatic heterocycles. The standard InChI is InChI=1S/C23H30N2O5S2/c1-16-11-17(2)22(18(3)12-16)32(28,29)25-8-5-20(6-9-25)23(27)30-14-21(26)24(4)13-19-7-10-31-15-19/h7,10-12,15,20H,5-6,8-9,13-14H2,1-4H3. The van der Waals surface area contributed by atoms with Crippen molar-refractivity contribution >= 4 is 33.2 Å². The zero-order valence-corrected chi connectivity index (χ0v) is 20.6. The molecule has 0 unspecified atom stereocenters. The lowest BCUT2D eigenvalue weighted by molar-refractivity contribution is -0.156. The van der Waals surface area contributed by atoms with Crippen LogP contribution in [0.25, 0.3) is 0 Å². The van der Waals surface area contributed by atoms with Gasteiger partial charge in [0.15, 0.2) is 6.61 Å². The van der Waals surface area contributed by atoms with E-state index in [2.05, 4.69) is 0 Å². The van der Waals surface area contributed by atoms with Gasteiger partial charge in [-0.15, -0.1) is 0 Å². The van der Waals surface area contributed by atoms with Crippen molar-refractivity contribution in [1.82, 2.24) is 9.21 Å². The van der Waals surface area contributed by atoms with Gasteiger partial charge in [0.2, 0.25) is 10.0 Å². The van der Waals surface area contributed by atoms with Gasteiger partial charge in [-0.1, -0.05) is 17.7 Å². The van der Waals surface area contributed by atoms with E-state index in [1.165, 1.54) is 9.21 Å². The molecular formula is C23H30N2O5S2. The largest absolute Gasteiger partial charge is 0.455 e. The summed E-state index contributed by atoms with van der Waals surface area (Å²) in [6.07, 6.45) is 0.752. The molecule has 9 heteroatoms. The van der Waals surface area contributed by atoms with Crippen molar-refractivity contribution in [3.05, 3.63) is 51.2 Å². The van der Waals surface area contributed by atoms with E-state index in [0.717, 1.165) is 22.3 Å². The first-order valence-corrected chi connectivity index (χ1v) is 13.0. The summed E-state index contributed by atoms with van der Waals surface area (Å²) in [5, 5.41) is 3.92. The summed E-state index contributed by atoms with van der Waals surface area (Å²) in [6.45, 7) is 6.22. The van der Waals surface area contributed by atoms with Crippen LogP contribution >= 0.6 is 11.3 Å². The van der Waals surface area contributed by atoms with Crippen LogP contribution in [0.1, 0.15) is 35.1 Å². The monoisotopic (exact) mass is 478 g/mol. The summed E-state index contributed by atoms with van der Waals surface area (Å²) in [5.41, 5.74) is 3.52. The Morgan fingerprint density at radius 1 is 1.16 bits per heavy atom. The molecule has 0 bridgehead atoms. The van der Waals surface area contributed by atoms with Crippen molar-refractivity contribution in [3.8, 4) is 0 Å². The van der Waals surface area contributed by atoms with E-state index in [9.17, 15) is 18.0 Å². The first kappa shape index (κ1) is 24.4. The van der Waals surface area contributed by atoms with Crippen LogP contribution in [0.3, 0.4) is 0 Å². The topological polar surface area (TPSA) is 84.0 Å². The molecule has 7 nitrogen and oxygen atoms in total. The van der Waals surface area contributed by atoms with Crippen molar-refractivity contribution in [1.29, 1.82) is 0 Å². The number of aryl methyl sites for hydroxylation is 3. The molecule has 3 rings (SSSR count). The maximum absolute atomic E-state index is 13.2. The number of sulfonamides is 1. The minimum absolute atomic E-state index is 0.251. The zero-order valence-electron chi connectivity index (χ0n) is 19.0. The smallest absolute Gasteiger partial charge is 0.309 e. The van der Waals surface area contributed by atoms with Crippen LogP contribution in [-0.4, -0.2) is 56.2 Å². The van der Waals surface area contributed by atoms with Crippen LogP contribution in [0.15, 0.2) is 33.9 Å². The predicted molar refractivity (Wildman–Crippen MR) is 124 cm³/mol. The molecule has 32 heavy (non-hydrogen) atoms. The molecule has 0 N–H and O–H groups in total. The average molecular weight is 479 g/mol. The number of esters is 1. The van der Waals surface area contributed by atoms with Gasteiger partial charge in [0.05, 0.1) is 10.8 Å². The highest BCUT2D eigenvalue weighted by atomic mass is 32.2. The first-order valence-electron chi connectivity index (χ1n) is 10.6. The normalized spacial score (nSPS) is 15.5. The lowest BCUT2D eigenvalue weighted by Crippen LogP contribution is -2.41. The molecule has 0 spiro atoms. The van der Waals surface area contributed by atoms with Crippen LogP contribution in [0.5, 0.6) is 0 Å². The van der Waals surface area contributed by atoms with Crippen LogP contribution < -0.4 is 0 Å². The van der Waals surface area contributed by atoms with E-state index < -0.39 is 21.9 Å². The van der Waals surface area contributed by atoms with Gasteiger partial charge in [-0.25, -0.2) is 8.42 Å². The van der Waals surface area contributed by atoms with Gasteiger partial charge >= 0.3 is 5.97 Å². The predicted octanol–water partition coefficient (Wildman–Crippen LogP) is 3.28. The Hall–Kier alpha value is -2.23. The quantitative estimate of drug-likeness (QED) is 0.571. The first-order chi connectivity index (χ1) is 15.1. The lowest BCUT2D eigenvalue weighted by atomic mass is 9.98. The van der Waals surface area contributed by atoms with Gasteiger partial charge in [0.1, 0.15) is 0 Å². The summed E-state index contributed by atoms with van der Waals surface area (Å²) in [4.78, 5) is 26.6.